The largest absolute Gasteiger partial charge is 0.551 e. The van der Waals surface area contributed by atoms with Gasteiger partial charge >= 0.3 is 7.27 Å². The topological polar surface area (TPSA) is 26.0 Å². The maximum absolute atomic E-state index is 10.6. The van der Waals surface area contributed by atoms with Crippen molar-refractivity contribution in [1.82, 2.24) is 0 Å². The lowest BCUT2D eigenvalue weighted by Gasteiger charge is -1.75. The standard InChI is InChI=1S/CH4BF2N/c3-2(4)1-5/h1,5H2. The molecular formula is CH4BF2N. The Balaban J connectivity index is 2.54. The average molecular weight is 78.9 g/mol. The maximum atomic E-state index is 10.6. The second-order valence-electron chi connectivity index (χ2n) is 0.627. The van der Waals surface area contributed by atoms with Crippen LogP contribution in [0.25, 0.3) is 0 Å². The Morgan fingerprint density at radius 2 is 1.80 bits per heavy atom. The zero-order valence-corrected chi connectivity index (χ0v) is 2.62. The average Bonchev–Trinajstić information content (AvgIpc) is 1.38. The predicted molar refractivity (Wildman–Crippen MR) is 17.0 cm³/mol. The highest BCUT2D eigenvalue weighted by atomic mass is 19.2. The van der Waals surface area contributed by atoms with Gasteiger partial charge in [0.25, 0.3) is 0 Å². The summed E-state index contributed by atoms with van der Waals surface area (Å²) in [6.45, 7) is 0. The Hall–Kier alpha value is -0.115. The molecule has 0 rings (SSSR count). The van der Waals surface area contributed by atoms with Crippen LogP contribution in [-0.4, -0.2) is 13.7 Å². The van der Waals surface area contributed by atoms with E-state index in [1.165, 1.54) is 0 Å². The first-order valence-corrected chi connectivity index (χ1v) is 1.25. The van der Waals surface area contributed by atoms with Gasteiger partial charge in [-0.1, -0.05) is 0 Å². The lowest BCUT2D eigenvalue weighted by Crippen LogP contribution is -2.13. The van der Waals surface area contributed by atoms with Gasteiger partial charge in [0.05, 0.1) is 0 Å². The van der Waals surface area contributed by atoms with Crippen LogP contribution in [0.1, 0.15) is 0 Å². The van der Waals surface area contributed by atoms with Crippen molar-refractivity contribution < 1.29 is 8.63 Å². The molecule has 0 saturated heterocycles. The summed E-state index contributed by atoms with van der Waals surface area (Å²) in [6.07, 6.45) is -0.528. The molecule has 0 aliphatic heterocycles. The van der Waals surface area contributed by atoms with Crippen molar-refractivity contribution in [3.8, 4) is 0 Å². The van der Waals surface area contributed by atoms with Gasteiger partial charge in [-0.2, -0.15) is 0 Å². The third-order valence-corrected chi connectivity index (χ3v) is 0.178. The van der Waals surface area contributed by atoms with E-state index in [1.807, 2.05) is 0 Å². The van der Waals surface area contributed by atoms with Crippen LogP contribution in [0.15, 0.2) is 0 Å². The molecule has 0 aromatic rings. The van der Waals surface area contributed by atoms with Gasteiger partial charge in [0.1, 0.15) is 0 Å². The minimum Gasteiger partial charge on any atom is -0.332 e. The van der Waals surface area contributed by atoms with Crippen LogP contribution >= 0.6 is 0 Å². The number of hydrogen-bond acceptors (Lipinski definition) is 1. The van der Waals surface area contributed by atoms with E-state index in [0.717, 1.165) is 0 Å². The van der Waals surface area contributed by atoms with E-state index < -0.39 is 13.7 Å². The molecule has 0 aliphatic carbocycles. The molecule has 4 heteroatoms. The first-order chi connectivity index (χ1) is 2.27. The van der Waals surface area contributed by atoms with Gasteiger partial charge in [0.15, 0.2) is 0 Å². The molecule has 2 N–H and O–H groups in total. The monoisotopic (exact) mass is 79.0 g/mol. The van der Waals surface area contributed by atoms with Crippen molar-refractivity contribution >= 4 is 7.27 Å². The fourth-order valence-electron chi connectivity index (χ4n) is 0. The molecule has 0 heterocycles. The minimum absolute atomic E-state index is 0.528. The minimum atomic E-state index is -2.34. The van der Waals surface area contributed by atoms with E-state index >= 15 is 0 Å². The summed E-state index contributed by atoms with van der Waals surface area (Å²) in [4.78, 5) is 0. The molecule has 0 unspecified atom stereocenters. The molecular weight excluding hydrogens is 74.8 g/mol. The summed E-state index contributed by atoms with van der Waals surface area (Å²) in [7, 11) is -2.34. The van der Waals surface area contributed by atoms with Crippen molar-refractivity contribution in [3.63, 3.8) is 0 Å². The Morgan fingerprint density at radius 3 is 1.80 bits per heavy atom. The fraction of sp³-hybridized carbons (Fsp3) is 1.00. The van der Waals surface area contributed by atoms with Gasteiger partial charge < -0.3 is 5.73 Å². The van der Waals surface area contributed by atoms with E-state index in [9.17, 15) is 8.63 Å². The lowest BCUT2D eigenvalue weighted by atomic mass is 10.0. The summed E-state index contributed by atoms with van der Waals surface area (Å²) in [5.74, 6) is 0. The Bertz CT molecular complexity index is 23.6. The van der Waals surface area contributed by atoms with E-state index in [2.05, 4.69) is 5.73 Å². The van der Waals surface area contributed by atoms with Gasteiger partial charge in [0.2, 0.25) is 0 Å². The Morgan fingerprint density at radius 1 is 1.60 bits per heavy atom. The molecule has 0 aromatic carbocycles. The van der Waals surface area contributed by atoms with Crippen molar-refractivity contribution in [2.75, 3.05) is 6.44 Å². The van der Waals surface area contributed by atoms with Gasteiger partial charge in [0, 0.05) is 6.44 Å². The third-order valence-electron chi connectivity index (χ3n) is 0.178. The molecule has 0 spiro atoms. The molecule has 0 amide bonds. The second-order valence-corrected chi connectivity index (χ2v) is 0.627. The molecule has 0 aromatic heterocycles. The molecule has 0 atom stereocenters. The number of rotatable bonds is 1. The van der Waals surface area contributed by atoms with Crippen LogP contribution in [0.4, 0.5) is 8.63 Å². The Labute approximate surface area is 29.3 Å². The van der Waals surface area contributed by atoms with Gasteiger partial charge in [-0.3, -0.25) is 8.63 Å². The van der Waals surface area contributed by atoms with Crippen LogP contribution in [0, 0.1) is 0 Å². The van der Waals surface area contributed by atoms with E-state index in [4.69, 9.17) is 0 Å². The van der Waals surface area contributed by atoms with Gasteiger partial charge in [-0.25, -0.2) is 0 Å². The molecule has 1 nitrogen and oxygen atoms in total. The van der Waals surface area contributed by atoms with Crippen molar-refractivity contribution in [2.45, 2.75) is 0 Å². The fourth-order valence-corrected chi connectivity index (χ4v) is 0. The highest BCUT2D eigenvalue weighted by Crippen LogP contribution is 1.75. The van der Waals surface area contributed by atoms with E-state index in [1.54, 1.807) is 0 Å². The lowest BCUT2D eigenvalue weighted by molar-refractivity contribution is 0.657. The van der Waals surface area contributed by atoms with Crippen molar-refractivity contribution in [1.29, 1.82) is 0 Å². The van der Waals surface area contributed by atoms with Crippen LogP contribution in [-0.2, 0) is 0 Å². The summed E-state index contributed by atoms with van der Waals surface area (Å²) in [6, 6.07) is 0. The molecule has 30 valence electrons. The number of nitrogens with two attached hydrogens (primary N) is 1. The predicted octanol–water partition coefficient (Wildman–Crippen LogP) is -0.0885. The van der Waals surface area contributed by atoms with Crippen LogP contribution in [0.5, 0.6) is 0 Å². The maximum Gasteiger partial charge on any atom is 0.551 e. The molecule has 0 aliphatic rings. The zero-order valence-electron chi connectivity index (χ0n) is 2.62. The third kappa shape index (κ3) is 3.88. The summed E-state index contributed by atoms with van der Waals surface area (Å²) < 4.78 is 21.3. The van der Waals surface area contributed by atoms with Crippen molar-refractivity contribution in [3.05, 3.63) is 0 Å². The number of hydrogen-bond donors (Lipinski definition) is 1. The van der Waals surface area contributed by atoms with Crippen molar-refractivity contribution in [2.24, 2.45) is 5.73 Å². The highest BCUT2D eigenvalue weighted by Gasteiger charge is 2.04. The molecule has 0 bridgehead atoms. The quantitative estimate of drug-likeness (QED) is 0.436. The summed E-state index contributed by atoms with van der Waals surface area (Å²) in [5.41, 5.74) is 4.42. The molecule has 0 fully saturated rings. The molecule has 0 radical (unpaired) electrons. The SMILES string of the molecule is NCB(F)F. The first-order valence-electron chi connectivity index (χ1n) is 1.25. The molecule has 0 saturated carbocycles. The van der Waals surface area contributed by atoms with Crippen LogP contribution in [0.3, 0.4) is 0 Å². The van der Waals surface area contributed by atoms with Gasteiger partial charge in [-0.05, 0) is 0 Å². The van der Waals surface area contributed by atoms with E-state index in [0.29, 0.717) is 0 Å². The first kappa shape index (κ1) is 4.88. The highest BCUT2D eigenvalue weighted by molar-refractivity contribution is 6.42. The smallest absolute Gasteiger partial charge is 0.332 e. The van der Waals surface area contributed by atoms with E-state index in [-0.39, 0.29) is 0 Å². The number of halogens is 2. The Kier molecular flexibility index (Phi) is 2.09. The van der Waals surface area contributed by atoms with Crippen LogP contribution in [0.2, 0.25) is 0 Å². The summed E-state index contributed by atoms with van der Waals surface area (Å²) in [5, 5.41) is 0. The normalized spacial score (nSPS) is 7.80. The molecule has 5 heavy (non-hydrogen) atoms. The van der Waals surface area contributed by atoms with Gasteiger partial charge in [-0.15, -0.1) is 0 Å². The van der Waals surface area contributed by atoms with Crippen LogP contribution < -0.4 is 5.73 Å². The second kappa shape index (κ2) is 2.14. The zero-order chi connectivity index (χ0) is 4.28. The summed E-state index contributed by atoms with van der Waals surface area (Å²) >= 11 is 0.